The van der Waals surface area contributed by atoms with Gasteiger partial charge in [-0.3, -0.25) is 0 Å². The van der Waals surface area contributed by atoms with E-state index in [1.54, 1.807) is 30.6 Å². The number of hydrogen-bond donors (Lipinski definition) is 2. The Morgan fingerprint density at radius 1 is 1.07 bits per heavy atom. The number of rotatable bonds is 7. The molecule has 2 aromatic heterocycles. The van der Waals surface area contributed by atoms with E-state index < -0.39 is 10.0 Å². The average Bonchev–Trinajstić information content (AvgIpc) is 3.14. The molecule has 0 atom stereocenters. The van der Waals surface area contributed by atoms with Crippen LogP contribution in [-0.2, 0) is 16.6 Å². The highest BCUT2D eigenvalue weighted by Gasteiger charge is 2.24. The fourth-order valence-corrected chi connectivity index (χ4v) is 5.01. The second kappa shape index (κ2) is 8.44. The van der Waals surface area contributed by atoms with Crippen LogP contribution >= 0.6 is 0 Å². The molecule has 3 N–H and O–H groups in total. The molecule has 0 amide bonds. The van der Waals surface area contributed by atoms with Gasteiger partial charge >= 0.3 is 0 Å². The number of nitrogens with one attached hydrogen (secondary N) is 1. The van der Waals surface area contributed by atoms with Crippen LogP contribution in [0.4, 0.5) is 5.82 Å². The van der Waals surface area contributed by atoms with Crippen molar-refractivity contribution >= 4 is 27.0 Å². The molecular formula is C19H25N7O2S. The van der Waals surface area contributed by atoms with Gasteiger partial charge in [0.05, 0.1) is 11.2 Å². The first-order valence-corrected chi connectivity index (χ1v) is 11.2. The molecular weight excluding hydrogens is 390 g/mol. The fourth-order valence-electron chi connectivity index (χ4n) is 3.69. The summed E-state index contributed by atoms with van der Waals surface area (Å²) in [6, 6.07) is 8.51. The molecule has 1 saturated heterocycles. The van der Waals surface area contributed by atoms with E-state index in [2.05, 4.69) is 24.6 Å². The molecule has 3 heterocycles. The van der Waals surface area contributed by atoms with Crippen LogP contribution in [0.5, 0.6) is 0 Å². The molecule has 0 bridgehead atoms. The SMILES string of the molecule is Nc1ncnc2c1ncn2CCCN1CCC(NS(=O)(=O)c2ccccc2)CC1. The predicted octanol–water partition coefficient (Wildman–Crippen LogP) is 1.24. The number of benzene rings is 1. The van der Waals surface area contributed by atoms with E-state index in [0.717, 1.165) is 51.1 Å². The van der Waals surface area contributed by atoms with Crippen molar-refractivity contribution in [2.24, 2.45) is 0 Å². The van der Waals surface area contributed by atoms with Gasteiger partial charge in [0.2, 0.25) is 10.0 Å². The van der Waals surface area contributed by atoms with Gasteiger partial charge in [-0.1, -0.05) is 18.2 Å². The Bertz CT molecular complexity index is 1060. The van der Waals surface area contributed by atoms with Gasteiger partial charge in [0, 0.05) is 12.6 Å². The van der Waals surface area contributed by atoms with E-state index >= 15 is 0 Å². The normalized spacial score (nSPS) is 16.4. The summed E-state index contributed by atoms with van der Waals surface area (Å²) < 4.78 is 29.8. The Morgan fingerprint density at radius 2 is 1.83 bits per heavy atom. The average molecular weight is 416 g/mol. The second-order valence-corrected chi connectivity index (χ2v) is 8.99. The van der Waals surface area contributed by atoms with E-state index in [0.29, 0.717) is 16.2 Å². The molecule has 9 nitrogen and oxygen atoms in total. The topological polar surface area (TPSA) is 119 Å². The summed E-state index contributed by atoms with van der Waals surface area (Å²) in [5, 5.41) is 0. The molecule has 154 valence electrons. The number of aromatic nitrogens is 4. The molecule has 0 radical (unpaired) electrons. The van der Waals surface area contributed by atoms with Crippen molar-refractivity contribution in [3.8, 4) is 0 Å². The molecule has 1 aliphatic heterocycles. The van der Waals surface area contributed by atoms with Crippen LogP contribution in [0, 0.1) is 0 Å². The van der Waals surface area contributed by atoms with E-state index in [-0.39, 0.29) is 6.04 Å². The van der Waals surface area contributed by atoms with Gasteiger partial charge in [-0.05, 0) is 51.0 Å². The number of likely N-dealkylation sites (tertiary alicyclic amines) is 1. The summed E-state index contributed by atoms with van der Waals surface area (Å²) in [6.07, 6.45) is 5.78. The number of nitrogens with two attached hydrogens (primary N) is 1. The lowest BCUT2D eigenvalue weighted by atomic mass is 10.1. The molecule has 0 aliphatic carbocycles. The van der Waals surface area contributed by atoms with Crippen molar-refractivity contribution in [3.05, 3.63) is 43.0 Å². The third kappa shape index (κ3) is 4.55. The van der Waals surface area contributed by atoms with Crippen molar-refractivity contribution in [1.29, 1.82) is 0 Å². The quantitative estimate of drug-likeness (QED) is 0.596. The van der Waals surface area contributed by atoms with Crippen LogP contribution < -0.4 is 10.5 Å². The number of anilines is 1. The van der Waals surface area contributed by atoms with Crippen LogP contribution in [0.1, 0.15) is 19.3 Å². The highest BCUT2D eigenvalue weighted by molar-refractivity contribution is 7.89. The molecule has 10 heteroatoms. The Balaban J connectivity index is 1.24. The summed E-state index contributed by atoms with van der Waals surface area (Å²) in [5.74, 6) is 0.397. The maximum Gasteiger partial charge on any atom is 0.240 e. The lowest BCUT2D eigenvalue weighted by Gasteiger charge is -2.32. The monoisotopic (exact) mass is 415 g/mol. The molecule has 4 rings (SSSR count). The first-order chi connectivity index (χ1) is 14.0. The summed E-state index contributed by atoms with van der Waals surface area (Å²) in [4.78, 5) is 15.2. The maximum atomic E-state index is 12.5. The molecule has 0 saturated carbocycles. The van der Waals surface area contributed by atoms with Crippen molar-refractivity contribution in [1.82, 2.24) is 29.1 Å². The lowest BCUT2D eigenvalue weighted by molar-refractivity contribution is 0.202. The van der Waals surface area contributed by atoms with Crippen LogP contribution in [-0.4, -0.2) is 58.5 Å². The minimum absolute atomic E-state index is 0.0197. The fraction of sp³-hybridized carbons (Fsp3) is 0.421. The molecule has 1 aliphatic rings. The Hall–Kier alpha value is -2.56. The van der Waals surface area contributed by atoms with Crippen molar-refractivity contribution in [2.75, 3.05) is 25.4 Å². The summed E-state index contributed by atoms with van der Waals surface area (Å²) in [7, 11) is -3.45. The summed E-state index contributed by atoms with van der Waals surface area (Å²) in [6.45, 7) is 3.50. The maximum absolute atomic E-state index is 12.5. The number of nitrogens with zero attached hydrogens (tertiary/aromatic N) is 5. The Kier molecular flexibility index (Phi) is 5.74. The zero-order chi connectivity index (χ0) is 20.3. The van der Waals surface area contributed by atoms with Gasteiger partial charge in [0.1, 0.15) is 11.8 Å². The first kappa shape index (κ1) is 19.7. The Morgan fingerprint density at radius 3 is 2.59 bits per heavy atom. The van der Waals surface area contributed by atoms with Crippen LogP contribution in [0.3, 0.4) is 0 Å². The van der Waals surface area contributed by atoms with Crippen LogP contribution in [0.15, 0.2) is 47.9 Å². The molecule has 1 fully saturated rings. The molecule has 1 aromatic carbocycles. The van der Waals surface area contributed by atoms with Crippen LogP contribution in [0.2, 0.25) is 0 Å². The number of fused-ring (bicyclic) bond motifs is 1. The van der Waals surface area contributed by atoms with Gasteiger partial charge in [-0.2, -0.15) is 0 Å². The first-order valence-electron chi connectivity index (χ1n) is 9.74. The van der Waals surface area contributed by atoms with Crippen molar-refractivity contribution in [3.63, 3.8) is 0 Å². The smallest absolute Gasteiger partial charge is 0.240 e. The summed E-state index contributed by atoms with van der Waals surface area (Å²) >= 11 is 0. The largest absolute Gasteiger partial charge is 0.382 e. The standard InChI is InChI=1S/C19H25N7O2S/c20-18-17-19(22-13-21-18)26(14-23-17)10-4-9-25-11-7-15(8-12-25)24-29(27,28)16-5-2-1-3-6-16/h1-3,5-6,13-15,24H,4,7-12H2,(H2,20,21,22). The number of imidazole rings is 1. The van der Waals surface area contributed by atoms with Crippen molar-refractivity contribution < 1.29 is 8.42 Å². The van der Waals surface area contributed by atoms with Gasteiger partial charge < -0.3 is 15.2 Å². The molecule has 29 heavy (non-hydrogen) atoms. The minimum atomic E-state index is -3.45. The lowest BCUT2D eigenvalue weighted by Crippen LogP contribution is -2.44. The Labute approximate surface area is 170 Å². The van der Waals surface area contributed by atoms with Gasteiger partial charge in [-0.25, -0.2) is 28.1 Å². The van der Waals surface area contributed by atoms with E-state index in [1.165, 1.54) is 6.33 Å². The van der Waals surface area contributed by atoms with Crippen molar-refractivity contribution in [2.45, 2.75) is 36.7 Å². The predicted molar refractivity (Wildman–Crippen MR) is 111 cm³/mol. The zero-order valence-electron chi connectivity index (χ0n) is 16.1. The second-order valence-electron chi connectivity index (χ2n) is 7.27. The molecule has 0 unspecified atom stereocenters. The number of hydrogen-bond acceptors (Lipinski definition) is 7. The molecule has 3 aromatic rings. The summed E-state index contributed by atoms with van der Waals surface area (Å²) in [5.41, 5.74) is 7.22. The minimum Gasteiger partial charge on any atom is -0.382 e. The van der Waals surface area contributed by atoms with Gasteiger partial charge in [0.25, 0.3) is 0 Å². The van der Waals surface area contributed by atoms with E-state index in [9.17, 15) is 8.42 Å². The number of sulfonamides is 1. The molecule has 0 spiro atoms. The third-order valence-electron chi connectivity index (χ3n) is 5.27. The number of nitrogen functional groups attached to an aromatic ring is 1. The highest BCUT2D eigenvalue weighted by atomic mass is 32.2. The van der Waals surface area contributed by atoms with Crippen LogP contribution in [0.25, 0.3) is 11.2 Å². The van der Waals surface area contributed by atoms with Gasteiger partial charge in [0.15, 0.2) is 11.5 Å². The van der Waals surface area contributed by atoms with E-state index in [4.69, 9.17) is 5.73 Å². The third-order valence-corrected chi connectivity index (χ3v) is 6.80. The zero-order valence-corrected chi connectivity index (χ0v) is 16.9. The number of aryl methyl sites for hydroxylation is 1. The van der Waals surface area contributed by atoms with E-state index in [1.807, 2.05) is 10.6 Å². The van der Waals surface area contributed by atoms with Gasteiger partial charge in [-0.15, -0.1) is 0 Å². The highest BCUT2D eigenvalue weighted by Crippen LogP contribution is 2.17. The number of piperidine rings is 1.